The van der Waals surface area contributed by atoms with Crippen LogP contribution in [0.3, 0.4) is 0 Å². The van der Waals surface area contributed by atoms with Gasteiger partial charge in [0.05, 0.1) is 38.2 Å². The van der Waals surface area contributed by atoms with E-state index in [1.165, 1.54) is 73.3 Å². The first-order chi connectivity index (χ1) is 30.4. The third kappa shape index (κ3) is 8.76. The number of hydrogen-bond acceptors (Lipinski definition) is 8. The van der Waals surface area contributed by atoms with Crippen LogP contribution < -0.4 is 10.6 Å². The summed E-state index contributed by atoms with van der Waals surface area (Å²) >= 11 is 0. The molecule has 2 saturated heterocycles. The lowest BCUT2D eigenvalue weighted by molar-refractivity contribution is -0.138. The number of ether oxygens (including phenoxy) is 2. The van der Waals surface area contributed by atoms with Crippen LogP contribution in [0.4, 0.5) is 9.59 Å². The van der Waals surface area contributed by atoms with Crippen molar-refractivity contribution in [2.75, 3.05) is 27.3 Å². The third-order valence-corrected chi connectivity index (χ3v) is 14.5. The monoisotopic (exact) mass is 859 g/mol. The fraction of sp³-hybridized carbons (Fsp3) is 0.560. The number of aromatic amines is 1. The molecule has 0 unspecified atom stereocenters. The Kier molecular flexibility index (Phi) is 13.1. The van der Waals surface area contributed by atoms with Gasteiger partial charge in [-0.1, -0.05) is 76.9 Å². The van der Waals surface area contributed by atoms with Crippen LogP contribution in [0.15, 0.2) is 53.8 Å². The summed E-state index contributed by atoms with van der Waals surface area (Å²) in [7, 11) is 2.63. The van der Waals surface area contributed by atoms with Crippen molar-refractivity contribution < 1.29 is 28.7 Å². The van der Waals surface area contributed by atoms with E-state index in [9.17, 15) is 19.2 Å². The smallest absolute Gasteiger partial charge is 0.407 e. The average Bonchev–Trinajstić information content (AvgIpc) is 4.15. The molecule has 5 aliphatic rings. The van der Waals surface area contributed by atoms with E-state index in [4.69, 9.17) is 19.5 Å². The van der Waals surface area contributed by atoms with Crippen molar-refractivity contribution in [1.29, 1.82) is 0 Å². The minimum absolute atomic E-state index is 0.0716. The van der Waals surface area contributed by atoms with Crippen LogP contribution in [-0.4, -0.2) is 94.9 Å². The number of likely N-dealkylation sites (tertiary alicyclic amines) is 2. The van der Waals surface area contributed by atoms with Gasteiger partial charge < -0.3 is 34.9 Å². The van der Waals surface area contributed by atoms with Gasteiger partial charge in [0, 0.05) is 31.4 Å². The van der Waals surface area contributed by atoms with Crippen LogP contribution in [0.5, 0.6) is 0 Å². The molecule has 336 valence electrons. The van der Waals surface area contributed by atoms with Gasteiger partial charge in [0.1, 0.15) is 17.9 Å². The highest BCUT2D eigenvalue weighted by Gasteiger charge is 2.45. The maximum Gasteiger partial charge on any atom is 0.407 e. The van der Waals surface area contributed by atoms with Crippen molar-refractivity contribution in [3.63, 3.8) is 0 Å². The molecule has 3 fully saturated rings. The van der Waals surface area contributed by atoms with Gasteiger partial charge in [0.25, 0.3) is 0 Å². The summed E-state index contributed by atoms with van der Waals surface area (Å²) in [6.07, 6.45) is 16.0. The van der Waals surface area contributed by atoms with Gasteiger partial charge in [-0.25, -0.2) is 14.6 Å². The molecule has 13 nitrogen and oxygen atoms in total. The summed E-state index contributed by atoms with van der Waals surface area (Å²) in [5, 5.41) is 5.53. The predicted octanol–water partition coefficient (Wildman–Crippen LogP) is 8.88. The summed E-state index contributed by atoms with van der Waals surface area (Å²) in [5.41, 5.74) is 11.1. The van der Waals surface area contributed by atoms with Gasteiger partial charge in [-0.05, 0) is 120 Å². The molecule has 4 atom stereocenters. The number of alkyl carbamates (subject to hydrolysis) is 2. The second-order valence-electron chi connectivity index (χ2n) is 19.0. The molecule has 2 aliphatic carbocycles. The first kappa shape index (κ1) is 44.2. The Hall–Kier alpha value is -5.46. The topological polar surface area (TPSA) is 158 Å². The summed E-state index contributed by atoms with van der Waals surface area (Å²) in [4.78, 5) is 69.4. The molecule has 63 heavy (non-hydrogen) atoms. The zero-order chi connectivity index (χ0) is 44.4. The number of imidazole rings is 1. The Balaban J connectivity index is 1.02. The maximum absolute atomic E-state index is 14.0. The number of allylic oxidation sites excluding steroid dienone is 1. The SMILES string of the molecule is COC(=O)N[C@H](C(=O)N1CCCC[C@H]1C1=NC=C(c2ccc(-c3ccc(-c4cnc([C@@H]5CCCCN5C(=O)[C@@H](NC(=O)OC)C(C)C)[nH]4)cc3)c3c2CCC32CCCC2)C1)C(C)C. The van der Waals surface area contributed by atoms with Gasteiger partial charge in [0.15, 0.2) is 0 Å². The minimum atomic E-state index is -0.689. The van der Waals surface area contributed by atoms with E-state index in [1.807, 2.05) is 49.9 Å². The fourth-order valence-electron chi connectivity index (χ4n) is 11.2. The number of rotatable bonds is 11. The molecule has 8 rings (SSSR count). The van der Waals surface area contributed by atoms with Crippen LogP contribution in [0.1, 0.15) is 133 Å². The molecule has 3 aromatic rings. The zero-order valence-electron chi connectivity index (χ0n) is 37.9. The van der Waals surface area contributed by atoms with E-state index in [-0.39, 0.29) is 41.1 Å². The lowest BCUT2D eigenvalue weighted by atomic mass is 9.76. The van der Waals surface area contributed by atoms with Crippen molar-refractivity contribution in [2.24, 2.45) is 16.8 Å². The molecule has 3 N–H and O–H groups in total. The summed E-state index contributed by atoms with van der Waals surface area (Å²) in [5.74, 6) is 0.373. The molecule has 1 spiro atoms. The number of carbonyl (C=O) groups is 4. The van der Waals surface area contributed by atoms with Gasteiger partial charge >= 0.3 is 12.2 Å². The second kappa shape index (κ2) is 18.7. The predicted molar refractivity (Wildman–Crippen MR) is 244 cm³/mol. The number of amides is 4. The van der Waals surface area contributed by atoms with Crippen LogP contribution >= 0.6 is 0 Å². The van der Waals surface area contributed by atoms with Crippen LogP contribution in [0.2, 0.25) is 0 Å². The Morgan fingerprint density at radius 1 is 0.730 bits per heavy atom. The Morgan fingerprint density at radius 2 is 1.30 bits per heavy atom. The number of methoxy groups -OCH3 is 2. The second-order valence-corrected chi connectivity index (χ2v) is 19.0. The zero-order valence-corrected chi connectivity index (χ0v) is 37.9. The van der Waals surface area contributed by atoms with Crippen LogP contribution in [-0.2, 0) is 30.9 Å². The normalized spacial score (nSPS) is 21.5. The number of aromatic nitrogens is 2. The van der Waals surface area contributed by atoms with Crippen molar-refractivity contribution in [3.05, 3.63) is 71.3 Å². The highest BCUT2D eigenvalue weighted by Crippen LogP contribution is 2.55. The molecule has 3 aliphatic heterocycles. The van der Waals surface area contributed by atoms with E-state index in [0.29, 0.717) is 19.5 Å². The molecule has 1 saturated carbocycles. The molecular formula is C50H65N7O6. The largest absolute Gasteiger partial charge is 0.453 e. The first-order valence-electron chi connectivity index (χ1n) is 23.3. The fourth-order valence-corrected chi connectivity index (χ4v) is 11.2. The number of carbonyl (C=O) groups excluding carboxylic acids is 4. The molecule has 13 heteroatoms. The molecule has 4 heterocycles. The molecule has 4 amide bonds. The van der Waals surface area contributed by atoms with Crippen molar-refractivity contribution in [2.45, 2.75) is 141 Å². The quantitative estimate of drug-likeness (QED) is 0.174. The molecule has 0 radical (unpaired) electrons. The Morgan fingerprint density at radius 3 is 1.90 bits per heavy atom. The molecule has 0 bridgehead atoms. The Bertz CT molecular complexity index is 2250. The van der Waals surface area contributed by atoms with Gasteiger partial charge in [-0.15, -0.1) is 0 Å². The number of piperidine rings is 2. The highest BCUT2D eigenvalue weighted by molar-refractivity contribution is 6.04. The van der Waals surface area contributed by atoms with Crippen molar-refractivity contribution >= 4 is 35.3 Å². The number of H-pyrrole nitrogens is 1. The van der Waals surface area contributed by atoms with Crippen molar-refractivity contribution in [3.8, 4) is 22.4 Å². The standard InChI is InChI=1S/C50H65N7O6/c1-30(2)43(54-48(60)62-5)46(58)56-25-11-7-13-40(56)38-27-34(28-51-38)35-19-20-36(42-37(35)21-24-50(42)22-9-10-23-50)32-15-17-33(18-16-32)39-29-52-45(53-39)41-14-8-12-26-57(41)47(59)44(31(3)4)55-49(61)63-6/h15-20,28-31,40-41,43-44H,7-14,21-27H2,1-6H3,(H,52,53)(H,54,60)(H,55,61)/t40-,41-,43-,44-/m0/s1. The molecule has 2 aromatic carbocycles. The molecular weight excluding hydrogens is 795 g/mol. The number of fused-ring (bicyclic) bond motifs is 2. The van der Waals surface area contributed by atoms with Crippen LogP contribution in [0, 0.1) is 11.8 Å². The van der Waals surface area contributed by atoms with E-state index in [0.717, 1.165) is 74.2 Å². The first-order valence-corrected chi connectivity index (χ1v) is 23.3. The van der Waals surface area contributed by atoms with Gasteiger partial charge in [-0.3, -0.25) is 14.6 Å². The number of aliphatic imine (C=N–C) groups is 1. The maximum atomic E-state index is 14.0. The summed E-state index contributed by atoms with van der Waals surface area (Å²) in [6, 6.07) is 11.8. The lowest BCUT2D eigenvalue weighted by Gasteiger charge is -2.39. The average molecular weight is 860 g/mol. The van der Waals surface area contributed by atoms with E-state index in [2.05, 4.69) is 52.0 Å². The lowest BCUT2D eigenvalue weighted by Crippen LogP contribution is -2.56. The molecule has 1 aromatic heterocycles. The number of nitrogens with one attached hydrogen (secondary N) is 3. The van der Waals surface area contributed by atoms with Gasteiger partial charge in [0.2, 0.25) is 11.8 Å². The minimum Gasteiger partial charge on any atom is -0.453 e. The van der Waals surface area contributed by atoms with Gasteiger partial charge in [-0.2, -0.15) is 0 Å². The number of nitrogens with zero attached hydrogens (tertiary/aromatic N) is 4. The van der Waals surface area contributed by atoms with E-state index in [1.54, 1.807) is 0 Å². The van der Waals surface area contributed by atoms with Crippen molar-refractivity contribution in [1.82, 2.24) is 30.4 Å². The third-order valence-electron chi connectivity index (χ3n) is 14.5. The summed E-state index contributed by atoms with van der Waals surface area (Å²) < 4.78 is 9.69. The highest BCUT2D eigenvalue weighted by atomic mass is 16.5. The summed E-state index contributed by atoms with van der Waals surface area (Å²) in [6.45, 7) is 9.00. The van der Waals surface area contributed by atoms with Crippen LogP contribution in [0.25, 0.3) is 28.0 Å². The van der Waals surface area contributed by atoms with E-state index >= 15 is 0 Å². The Labute approximate surface area is 371 Å². The number of hydrogen-bond donors (Lipinski definition) is 3. The number of benzene rings is 2. The van der Waals surface area contributed by atoms with E-state index < -0.39 is 24.3 Å².